The normalized spacial score (nSPS) is 18.8. The highest BCUT2D eigenvalue weighted by molar-refractivity contribution is 6.32. The summed E-state index contributed by atoms with van der Waals surface area (Å²) >= 11 is 6.16. The number of methoxy groups -OCH3 is 1. The Kier molecular flexibility index (Phi) is 5.00. The predicted molar refractivity (Wildman–Crippen MR) is 77.3 cm³/mol. The lowest BCUT2D eigenvalue weighted by molar-refractivity contribution is -0.121. The van der Waals surface area contributed by atoms with Crippen LogP contribution in [-0.4, -0.2) is 42.1 Å². The van der Waals surface area contributed by atoms with Crippen LogP contribution in [0.3, 0.4) is 0 Å². The Morgan fingerprint density at radius 3 is 3.15 bits per heavy atom. The third kappa shape index (κ3) is 3.50. The van der Waals surface area contributed by atoms with Gasteiger partial charge in [0.1, 0.15) is 5.02 Å². The molecule has 7 heteroatoms. The maximum Gasteiger partial charge on any atom is 0.318 e. The first-order chi connectivity index (χ1) is 9.63. The van der Waals surface area contributed by atoms with Crippen LogP contribution >= 0.6 is 11.6 Å². The van der Waals surface area contributed by atoms with Crippen molar-refractivity contribution in [2.24, 2.45) is 0 Å². The van der Waals surface area contributed by atoms with Gasteiger partial charge in [-0.25, -0.2) is 4.98 Å². The zero-order valence-electron chi connectivity index (χ0n) is 11.7. The maximum absolute atomic E-state index is 11.5. The summed E-state index contributed by atoms with van der Waals surface area (Å²) in [6, 6.07) is 0.428. The molecule has 1 saturated heterocycles. The van der Waals surface area contributed by atoms with Crippen LogP contribution in [0.5, 0.6) is 6.01 Å². The Morgan fingerprint density at radius 1 is 1.65 bits per heavy atom. The van der Waals surface area contributed by atoms with E-state index in [4.69, 9.17) is 16.3 Å². The molecule has 0 bridgehead atoms. The van der Waals surface area contributed by atoms with E-state index < -0.39 is 0 Å². The van der Waals surface area contributed by atoms with Gasteiger partial charge in [0.2, 0.25) is 5.91 Å². The molecule has 0 aromatic carbocycles. The molecule has 1 aliphatic rings. The number of piperidine rings is 1. The van der Waals surface area contributed by atoms with Crippen molar-refractivity contribution in [1.29, 1.82) is 0 Å². The Hall–Kier alpha value is -1.56. The molecular weight excluding hydrogens is 280 g/mol. The third-order valence-corrected chi connectivity index (χ3v) is 3.56. The summed E-state index contributed by atoms with van der Waals surface area (Å²) < 4.78 is 5.03. The molecule has 0 radical (unpaired) electrons. The van der Waals surface area contributed by atoms with E-state index in [9.17, 15) is 4.79 Å². The molecule has 1 N–H and O–H groups in total. The summed E-state index contributed by atoms with van der Waals surface area (Å²) in [5.41, 5.74) is 0. The molecule has 1 amide bonds. The molecule has 1 aromatic rings. The first kappa shape index (κ1) is 14.8. The summed E-state index contributed by atoms with van der Waals surface area (Å²) in [7, 11) is 1.52. The van der Waals surface area contributed by atoms with Gasteiger partial charge in [0.05, 0.1) is 13.3 Å². The van der Waals surface area contributed by atoms with E-state index in [1.165, 1.54) is 13.3 Å². The van der Waals surface area contributed by atoms with Gasteiger partial charge >= 0.3 is 6.01 Å². The number of nitrogens with zero attached hydrogens (tertiary/aromatic N) is 3. The molecule has 110 valence electrons. The van der Waals surface area contributed by atoms with Crippen molar-refractivity contribution in [2.45, 2.75) is 32.2 Å². The lowest BCUT2D eigenvalue weighted by Gasteiger charge is -2.34. The van der Waals surface area contributed by atoms with E-state index in [0.717, 1.165) is 19.4 Å². The highest BCUT2D eigenvalue weighted by Crippen LogP contribution is 2.27. The van der Waals surface area contributed by atoms with Gasteiger partial charge in [-0.05, 0) is 12.8 Å². The fourth-order valence-corrected chi connectivity index (χ4v) is 2.49. The Balaban J connectivity index is 2.10. The van der Waals surface area contributed by atoms with Gasteiger partial charge in [-0.3, -0.25) is 4.79 Å². The van der Waals surface area contributed by atoms with Crippen LogP contribution < -0.4 is 15.0 Å². The Bertz CT molecular complexity index is 483. The van der Waals surface area contributed by atoms with Gasteiger partial charge in [-0.15, -0.1) is 0 Å². The zero-order valence-corrected chi connectivity index (χ0v) is 12.5. The molecule has 1 unspecified atom stereocenters. The number of hydrogen-bond donors (Lipinski definition) is 1. The van der Waals surface area contributed by atoms with E-state index in [0.29, 0.717) is 29.8 Å². The molecule has 1 fully saturated rings. The second kappa shape index (κ2) is 6.74. The van der Waals surface area contributed by atoms with Crippen molar-refractivity contribution in [1.82, 2.24) is 15.3 Å². The number of nitrogens with one attached hydrogen (secondary N) is 1. The van der Waals surface area contributed by atoms with E-state index in [-0.39, 0.29) is 11.9 Å². The van der Waals surface area contributed by atoms with Crippen molar-refractivity contribution in [3.05, 3.63) is 11.2 Å². The summed E-state index contributed by atoms with van der Waals surface area (Å²) in [5.74, 6) is 0.733. The number of aromatic nitrogens is 2. The minimum atomic E-state index is 0.0724. The minimum Gasteiger partial charge on any atom is -0.467 e. The average molecular weight is 299 g/mol. The lowest BCUT2D eigenvalue weighted by Crippen LogP contribution is -2.48. The lowest BCUT2D eigenvalue weighted by atomic mass is 10.1. The first-order valence-electron chi connectivity index (χ1n) is 6.75. The Morgan fingerprint density at radius 2 is 2.45 bits per heavy atom. The van der Waals surface area contributed by atoms with Crippen LogP contribution in [0.1, 0.15) is 26.2 Å². The molecule has 6 nitrogen and oxygen atoms in total. The van der Waals surface area contributed by atoms with Crippen molar-refractivity contribution < 1.29 is 9.53 Å². The van der Waals surface area contributed by atoms with Gasteiger partial charge in [0, 0.05) is 25.6 Å². The highest BCUT2D eigenvalue weighted by Gasteiger charge is 2.24. The predicted octanol–water partition coefficient (Wildman–Crippen LogP) is 1.63. The second-order valence-corrected chi connectivity index (χ2v) is 5.14. The number of halogens is 1. The molecule has 1 aliphatic heterocycles. The SMILES string of the molecule is CCC(=O)NC1CCCN(c2nc(OC)ncc2Cl)C1. The van der Waals surface area contributed by atoms with Crippen molar-refractivity contribution >= 4 is 23.3 Å². The van der Waals surface area contributed by atoms with Gasteiger partial charge in [-0.2, -0.15) is 4.98 Å². The quantitative estimate of drug-likeness (QED) is 0.915. The molecule has 1 atom stereocenters. The summed E-state index contributed by atoms with van der Waals surface area (Å²) in [6.45, 7) is 3.41. The molecule has 0 saturated carbocycles. The number of ether oxygens (including phenoxy) is 1. The number of amides is 1. The fourth-order valence-electron chi connectivity index (χ4n) is 2.28. The van der Waals surface area contributed by atoms with Gasteiger partial charge in [-0.1, -0.05) is 18.5 Å². The maximum atomic E-state index is 11.5. The van der Waals surface area contributed by atoms with Crippen LogP contribution in [0.2, 0.25) is 5.02 Å². The standard InChI is InChI=1S/C13H19ClN4O2/c1-3-11(19)16-9-5-4-6-18(8-9)12-10(14)7-15-13(17-12)20-2/h7,9H,3-6,8H2,1-2H3,(H,16,19). The van der Waals surface area contributed by atoms with Crippen molar-refractivity contribution in [3.8, 4) is 6.01 Å². The first-order valence-corrected chi connectivity index (χ1v) is 7.12. The van der Waals surface area contributed by atoms with Crippen LogP contribution in [0.15, 0.2) is 6.20 Å². The molecule has 1 aromatic heterocycles. The molecule has 2 heterocycles. The smallest absolute Gasteiger partial charge is 0.318 e. The van der Waals surface area contributed by atoms with Crippen LogP contribution in [0, 0.1) is 0 Å². The Labute approximate surface area is 123 Å². The van der Waals surface area contributed by atoms with Crippen LogP contribution in [-0.2, 0) is 4.79 Å². The van der Waals surface area contributed by atoms with Crippen molar-refractivity contribution in [3.63, 3.8) is 0 Å². The monoisotopic (exact) mass is 298 g/mol. The van der Waals surface area contributed by atoms with Crippen LogP contribution in [0.25, 0.3) is 0 Å². The molecule has 2 rings (SSSR count). The molecule has 0 spiro atoms. The van der Waals surface area contributed by atoms with E-state index in [1.807, 2.05) is 6.92 Å². The number of carbonyl (C=O) groups excluding carboxylic acids is 1. The van der Waals surface area contributed by atoms with E-state index in [1.54, 1.807) is 0 Å². The van der Waals surface area contributed by atoms with Gasteiger partial charge in [0.15, 0.2) is 5.82 Å². The topological polar surface area (TPSA) is 67.4 Å². The molecule has 20 heavy (non-hydrogen) atoms. The number of hydrogen-bond acceptors (Lipinski definition) is 5. The minimum absolute atomic E-state index is 0.0724. The highest BCUT2D eigenvalue weighted by atomic mass is 35.5. The van der Waals surface area contributed by atoms with E-state index >= 15 is 0 Å². The summed E-state index contributed by atoms with van der Waals surface area (Å²) in [4.78, 5) is 21.8. The van der Waals surface area contributed by atoms with E-state index in [2.05, 4.69) is 20.2 Å². The molecular formula is C13H19ClN4O2. The van der Waals surface area contributed by atoms with Crippen molar-refractivity contribution in [2.75, 3.05) is 25.1 Å². The van der Waals surface area contributed by atoms with Gasteiger partial charge in [0.25, 0.3) is 0 Å². The third-order valence-electron chi connectivity index (χ3n) is 3.29. The number of carbonyl (C=O) groups is 1. The zero-order chi connectivity index (χ0) is 14.5. The summed E-state index contributed by atoms with van der Waals surface area (Å²) in [5, 5.41) is 3.51. The van der Waals surface area contributed by atoms with Crippen LogP contribution in [0.4, 0.5) is 5.82 Å². The number of anilines is 1. The fraction of sp³-hybridized carbons (Fsp3) is 0.615. The average Bonchev–Trinajstić information content (AvgIpc) is 2.48. The largest absolute Gasteiger partial charge is 0.467 e. The van der Waals surface area contributed by atoms with Gasteiger partial charge < -0.3 is 15.0 Å². The number of rotatable bonds is 4. The summed E-state index contributed by atoms with van der Waals surface area (Å²) in [6.07, 6.45) is 3.99. The molecule has 0 aliphatic carbocycles. The second-order valence-electron chi connectivity index (χ2n) is 4.73.